The molecule has 1 aromatic rings. The Hall–Kier alpha value is -1.09. The van der Waals surface area contributed by atoms with E-state index in [0.717, 1.165) is 35.7 Å². The molecular weight excluding hydrogens is 428 g/mol. The maximum atomic E-state index is 5.08. The molecule has 1 aromatic heterocycles. The molecule has 0 spiro atoms. The smallest absolute Gasteiger partial charge is 1.00 e. The molecule has 2 aliphatic rings. The summed E-state index contributed by atoms with van der Waals surface area (Å²) in [6, 6.07) is 5.76. The number of amidine groups is 2. The van der Waals surface area contributed by atoms with Crippen molar-refractivity contribution in [3.63, 3.8) is 0 Å². The van der Waals surface area contributed by atoms with Crippen LogP contribution in [-0.2, 0) is 28.0 Å². The van der Waals surface area contributed by atoms with E-state index >= 15 is 0 Å². The van der Waals surface area contributed by atoms with E-state index < -0.39 is 0 Å². The van der Waals surface area contributed by atoms with Gasteiger partial charge in [0.05, 0.1) is 26.3 Å². The molecule has 0 atom stereocenters. The summed E-state index contributed by atoms with van der Waals surface area (Å²) in [7, 11) is 3.37. The molecule has 27 heavy (non-hydrogen) atoms. The van der Waals surface area contributed by atoms with Crippen molar-refractivity contribution in [2.45, 2.75) is 12.8 Å². The van der Waals surface area contributed by atoms with Crippen molar-refractivity contribution >= 4 is 23.1 Å². The number of pyridine rings is 1. The van der Waals surface area contributed by atoms with Gasteiger partial charge in [0.1, 0.15) is 11.4 Å². The van der Waals surface area contributed by atoms with Crippen LogP contribution in [0.15, 0.2) is 38.2 Å². The molecule has 0 N–H and O–H groups in total. The van der Waals surface area contributed by atoms with Gasteiger partial charge in [0.15, 0.2) is 11.7 Å². The van der Waals surface area contributed by atoms with Crippen LogP contribution in [-0.4, -0.2) is 68.6 Å². The third-order valence-electron chi connectivity index (χ3n) is 3.75. The van der Waals surface area contributed by atoms with Crippen molar-refractivity contribution in [2.75, 3.05) is 40.5 Å². The van der Waals surface area contributed by atoms with Gasteiger partial charge in [0, 0.05) is 38.5 Å². The van der Waals surface area contributed by atoms with Crippen LogP contribution in [0.1, 0.15) is 24.2 Å². The monoisotopic (exact) mass is 448 g/mol. The molecule has 0 bridgehead atoms. The zero-order valence-corrected chi connectivity index (χ0v) is 18.1. The second-order valence-electron chi connectivity index (χ2n) is 5.53. The maximum Gasteiger partial charge on any atom is 2.00 e. The van der Waals surface area contributed by atoms with E-state index in [1.807, 2.05) is 18.2 Å². The number of hydrogen-bond donors (Lipinski definition) is 0. The van der Waals surface area contributed by atoms with Crippen molar-refractivity contribution in [2.24, 2.45) is 20.0 Å². The standard InChI is InChI=1S/C17H21N5O2.2ClH.V/c1-23-8-6-12-10-18-16(20-12)14-4-3-5-15(22-14)17-19-11-13(21-17)7-9-24-2;;;/h3-5H,6-11H2,1-2H3;2*1H;/q;;;+2/p-2. The number of rotatable bonds is 8. The molecule has 0 saturated carbocycles. The van der Waals surface area contributed by atoms with Crippen LogP contribution in [0.5, 0.6) is 0 Å². The molecule has 0 fully saturated rings. The molecular formula is C17H21Cl2N5O2V. The van der Waals surface area contributed by atoms with Gasteiger partial charge in [-0.15, -0.1) is 0 Å². The molecule has 1 radical (unpaired) electrons. The molecule has 0 saturated heterocycles. The van der Waals surface area contributed by atoms with Gasteiger partial charge < -0.3 is 34.3 Å². The average Bonchev–Trinajstić information content (AvgIpc) is 3.28. The van der Waals surface area contributed by atoms with Crippen molar-refractivity contribution < 1.29 is 52.8 Å². The topological polar surface area (TPSA) is 80.8 Å². The summed E-state index contributed by atoms with van der Waals surface area (Å²) in [5, 5.41) is 0. The molecule has 10 heteroatoms. The summed E-state index contributed by atoms with van der Waals surface area (Å²) >= 11 is 0. The van der Waals surface area contributed by atoms with E-state index in [-0.39, 0.29) is 43.4 Å². The van der Waals surface area contributed by atoms with Gasteiger partial charge in [-0.3, -0.25) is 9.98 Å². The number of halogens is 2. The summed E-state index contributed by atoms with van der Waals surface area (Å²) < 4.78 is 10.2. The van der Waals surface area contributed by atoms with Crippen LogP contribution in [0.3, 0.4) is 0 Å². The summed E-state index contributed by atoms with van der Waals surface area (Å²) in [5.41, 5.74) is 3.56. The Labute approximate surface area is 183 Å². The largest absolute Gasteiger partial charge is 2.00 e. The number of aliphatic imine (C=N–C) groups is 4. The minimum atomic E-state index is 0. The molecule has 0 aliphatic carbocycles. The quantitative estimate of drug-likeness (QED) is 0.402. The Morgan fingerprint density at radius 2 is 1.26 bits per heavy atom. The zero-order valence-electron chi connectivity index (χ0n) is 15.2. The second kappa shape index (κ2) is 13.2. The van der Waals surface area contributed by atoms with E-state index in [2.05, 4.69) is 25.0 Å². The van der Waals surface area contributed by atoms with Gasteiger partial charge in [-0.05, 0) is 12.1 Å². The number of nitrogens with zero attached hydrogens (tertiary/aromatic N) is 5. The summed E-state index contributed by atoms with van der Waals surface area (Å²) in [4.78, 5) is 22.7. The first kappa shape index (κ1) is 25.9. The minimum absolute atomic E-state index is 0. The predicted octanol–water partition coefficient (Wildman–Crippen LogP) is -4.44. The third kappa shape index (κ3) is 7.10. The maximum absolute atomic E-state index is 5.08. The first-order valence-electron chi connectivity index (χ1n) is 7.97. The summed E-state index contributed by atoms with van der Waals surface area (Å²) in [5.74, 6) is 1.34. The molecule has 3 heterocycles. The van der Waals surface area contributed by atoms with Crippen molar-refractivity contribution in [3.05, 3.63) is 29.6 Å². The van der Waals surface area contributed by atoms with E-state index in [9.17, 15) is 0 Å². The molecule has 7 nitrogen and oxygen atoms in total. The van der Waals surface area contributed by atoms with E-state index in [4.69, 9.17) is 9.47 Å². The zero-order chi connectivity index (χ0) is 16.8. The fraction of sp³-hybridized carbons (Fsp3) is 0.471. The van der Waals surface area contributed by atoms with Crippen molar-refractivity contribution in [1.82, 2.24) is 4.98 Å². The summed E-state index contributed by atoms with van der Waals surface area (Å²) in [6.45, 7) is 2.55. The molecule has 145 valence electrons. The second-order valence-corrected chi connectivity index (χ2v) is 5.53. The third-order valence-corrected chi connectivity index (χ3v) is 3.75. The normalized spacial score (nSPS) is 14.9. The van der Waals surface area contributed by atoms with Gasteiger partial charge in [-0.25, -0.2) is 15.0 Å². The molecule has 0 amide bonds. The average molecular weight is 449 g/mol. The SMILES string of the molecule is COCCC1=NC(c2cccc(C3=NCC(CCOC)=N3)n2)=NC1.[Cl-].[Cl-].[V+2]. The van der Waals surface area contributed by atoms with E-state index in [1.54, 1.807) is 14.2 Å². The molecule has 2 aliphatic heterocycles. The van der Waals surface area contributed by atoms with E-state index in [0.29, 0.717) is 38.0 Å². The van der Waals surface area contributed by atoms with Crippen molar-refractivity contribution in [1.29, 1.82) is 0 Å². The van der Waals surface area contributed by atoms with Crippen molar-refractivity contribution in [3.8, 4) is 0 Å². The van der Waals surface area contributed by atoms with Gasteiger partial charge in [-0.2, -0.15) is 0 Å². The molecule has 3 rings (SSSR count). The van der Waals surface area contributed by atoms with Crippen LogP contribution in [0.25, 0.3) is 0 Å². The van der Waals surface area contributed by atoms with Crippen LogP contribution < -0.4 is 24.8 Å². The van der Waals surface area contributed by atoms with Crippen LogP contribution in [0.2, 0.25) is 0 Å². The van der Waals surface area contributed by atoms with Crippen LogP contribution in [0, 0.1) is 0 Å². The van der Waals surface area contributed by atoms with Crippen LogP contribution in [0.4, 0.5) is 0 Å². The Balaban J connectivity index is 0.00000225. The number of ether oxygens (including phenoxy) is 2. The Morgan fingerprint density at radius 1 is 0.815 bits per heavy atom. The fourth-order valence-corrected chi connectivity index (χ4v) is 2.44. The van der Waals surface area contributed by atoms with Crippen LogP contribution >= 0.6 is 0 Å². The van der Waals surface area contributed by atoms with Gasteiger partial charge in [0.2, 0.25) is 0 Å². The van der Waals surface area contributed by atoms with Gasteiger partial charge >= 0.3 is 18.6 Å². The van der Waals surface area contributed by atoms with Gasteiger partial charge in [0.25, 0.3) is 0 Å². The number of hydrogen-bond acceptors (Lipinski definition) is 7. The van der Waals surface area contributed by atoms with E-state index in [1.165, 1.54) is 0 Å². The number of aromatic nitrogens is 1. The first-order chi connectivity index (χ1) is 11.8. The Kier molecular flexibility index (Phi) is 12.6. The Bertz CT molecular complexity index is 681. The molecule has 0 unspecified atom stereocenters. The summed E-state index contributed by atoms with van der Waals surface area (Å²) in [6.07, 6.45) is 1.59. The molecule has 0 aromatic carbocycles. The number of methoxy groups -OCH3 is 2. The van der Waals surface area contributed by atoms with Gasteiger partial charge in [-0.1, -0.05) is 6.07 Å². The first-order valence-corrected chi connectivity index (χ1v) is 7.97. The predicted molar refractivity (Wildman–Crippen MR) is 94.9 cm³/mol. The Morgan fingerprint density at radius 3 is 1.67 bits per heavy atom. The minimum Gasteiger partial charge on any atom is -1.00 e. The fourth-order valence-electron chi connectivity index (χ4n) is 2.44.